The minimum atomic E-state index is 0. The first kappa shape index (κ1) is 13.1. The van der Waals surface area contributed by atoms with Crippen molar-refractivity contribution in [3.05, 3.63) is 17.3 Å². The highest BCUT2D eigenvalue weighted by atomic mass is 35.5. The highest BCUT2D eigenvalue weighted by molar-refractivity contribution is 5.85. The molecule has 0 aliphatic heterocycles. The van der Waals surface area contributed by atoms with E-state index in [1.165, 1.54) is 0 Å². The Bertz CT molecular complexity index is 305. The van der Waals surface area contributed by atoms with Crippen LogP contribution < -0.4 is 5.73 Å². The first-order chi connectivity index (χ1) is 6.13. The van der Waals surface area contributed by atoms with Crippen LogP contribution in [-0.4, -0.2) is 16.7 Å². The van der Waals surface area contributed by atoms with Gasteiger partial charge >= 0.3 is 0 Å². The van der Waals surface area contributed by atoms with Gasteiger partial charge in [0.05, 0.1) is 0 Å². The molecule has 1 rings (SSSR count). The topological polar surface area (TPSA) is 64.9 Å². The number of aromatic nitrogens is 2. The van der Waals surface area contributed by atoms with Crippen LogP contribution >= 0.6 is 12.4 Å². The molecule has 0 saturated carbocycles. The minimum Gasteiger partial charge on any atom is -0.335 e. The van der Waals surface area contributed by atoms with Crippen molar-refractivity contribution >= 4 is 18.5 Å². The molecule has 0 spiro atoms. The van der Waals surface area contributed by atoms with Gasteiger partial charge < -0.3 is 10.3 Å². The molecular formula is C9H16ClN3O. The average molecular weight is 218 g/mol. The van der Waals surface area contributed by atoms with E-state index in [0.717, 1.165) is 5.57 Å². The molecule has 2 N–H and O–H groups in total. The van der Waals surface area contributed by atoms with E-state index in [2.05, 4.69) is 10.1 Å². The Morgan fingerprint density at radius 3 is 2.71 bits per heavy atom. The summed E-state index contributed by atoms with van der Waals surface area (Å²) in [6.07, 6.45) is 1.85. The van der Waals surface area contributed by atoms with Crippen molar-refractivity contribution in [1.82, 2.24) is 10.1 Å². The maximum absolute atomic E-state index is 5.48. The summed E-state index contributed by atoms with van der Waals surface area (Å²) in [6, 6.07) is 0. The predicted molar refractivity (Wildman–Crippen MR) is 58.3 cm³/mol. The summed E-state index contributed by atoms with van der Waals surface area (Å²) >= 11 is 0. The lowest BCUT2D eigenvalue weighted by Gasteiger charge is -1.98. The molecule has 1 aromatic heterocycles. The van der Waals surface area contributed by atoms with E-state index >= 15 is 0 Å². The van der Waals surface area contributed by atoms with E-state index in [0.29, 0.717) is 18.3 Å². The summed E-state index contributed by atoms with van der Waals surface area (Å²) in [7, 11) is 0. The Labute approximate surface area is 90.0 Å². The maximum atomic E-state index is 5.48. The van der Waals surface area contributed by atoms with E-state index in [-0.39, 0.29) is 18.3 Å². The van der Waals surface area contributed by atoms with Gasteiger partial charge in [0.1, 0.15) is 0 Å². The Morgan fingerprint density at radius 1 is 1.57 bits per heavy atom. The quantitative estimate of drug-likeness (QED) is 0.841. The Kier molecular flexibility index (Phi) is 5.42. The number of nitrogens with two attached hydrogens (primary N) is 1. The van der Waals surface area contributed by atoms with Gasteiger partial charge in [-0.2, -0.15) is 4.98 Å². The molecule has 0 bridgehead atoms. The fourth-order valence-corrected chi connectivity index (χ4v) is 0.858. The van der Waals surface area contributed by atoms with E-state index in [1.54, 1.807) is 0 Å². The molecule has 1 atom stereocenters. The molecule has 0 saturated heterocycles. The lowest BCUT2D eigenvalue weighted by Crippen LogP contribution is -2.10. The highest BCUT2D eigenvalue weighted by Crippen LogP contribution is 2.11. The zero-order chi connectivity index (χ0) is 9.84. The van der Waals surface area contributed by atoms with Crippen LogP contribution in [0, 0.1) is 0 Å². The molecule has 0 aliphatic rings. The third kappa shape index (κ3) is 3.47. The molecule has 80 valence electrons. The number of halogens is 1. The van der Waals surface area contributed by atoms with Crippen molar-refractivity contribution in [2.45, 2.75) is 26.7 Å². The molecule has 0 radical (unpaired) electrons. The zero-order valence-electron chi connectivity index (χ0n) is 8.65. The van der Waals surface area contributed by atoms with Gasteiger partial charge in [-0.3, -0.25) is 0 Å². The molecule has 1 aromatic rings. The van der Waals surface area contributed by atoms with Gasteiger partial charge in [-0.1, -0.05) is 17.7 Å². The monoisotopic (exact) mass is 217 g/mol. The van der Waals surface area contributed by atoms with Crippen LogP contribution in [0.3, 0.4) is 0 Å². The van der Waals surface area contributed by atoms with Crippen LogP contribution in [0.15, 0.2) is 10.1 Å². The van der Waals surface area contributed by atoms with Gasteiger partial charge in [-0.15, -0.1) is 12.4 Å². The second-order valence-corrected chi connectivity index (χ2v) is 3.35. The van der Waals surface area contributed by atoms with Crippen LogP contribution in [0.5, 0.6) is 0 Å². The smallest absolute Gasteiger partial charge is 0.250 e. The molecule has 0 aromatic carbocycles. The van der Waals surface area contributed by atoms with E-state index in [4.69, 9.17) is 10.3 Å². The van der Waals surface area contributed by atoms with Crippen molar-refractivity contribution in [2.75, 3.05) is 6.54 Å². The fraction of sp³-hybridized carbons (Fsp3) is 0.556. The number of nitrogens with zero attached hydrogens (tertiary/aromatic N) is 2. The Balaban J connectivity index is 0.00000169. The van der Waals surface area contributed by atoms with Gasteiger partial charge in [-0.05, 0) is 13.8 Å². The van der Waals surface area contributed by atoms with Crippen LogP contribution in [0.25, 0.3) is 6.08 Å². The second-order valence-electron chi connectivity index (χ2n) is 3.35. The van der Waals surface area contributed by atoms with Gasteiger partial charge in [0.2, 0.25) is 0 Å². The SMILES string of the molecule is CC(C)=Cc1nc(C(C)CN)no1.Cl. The summed E-state index contributed by atoms with van der Waals surface area (Å²) in [6.45, 7) is 6.47. The van der Waals surface area contributed by atoms with Gasteiger partial charge in [0.15, 0.2) is 5.82 Å². The van der Waals surface area contributed by atoms with E-state index in [9.17, 15) is 0 Å². The summed E-state index contributed by atoms with van der Waals surface area (Å²) in [5.41, 5.74) is 6.61. The van der Waals surface area contributed by atoms with Gasteiger partial charge in [0.25, 0.3) is 5.89 Å². The normalized spacial score (nSPS) is 11.7. The molecule has 0 amide bonds. The van der Waals surface area contributed by atoms with E-state index in [1.807, 2.05) is 26.8 Å². The molecule has 1 unspecified atom stereocenters. The van der Waals surface area contributed by atoms with Crippen LogP contribution in [0.4, 0.5) is 0 Å². The van der Waals surface area contributed by atoms with Crippen LogP contribution in [-0.2, 0) is 0 Å². The van der Waals surface area contributed by atoms with Crippen molar-refractivity contribution in [1.29, 1.82) is 0 Å². The molecule has 1 heterocycles. The molecule has 0 fully saturated rings. The van der Waals surface area contributed by atoms with Crippen molar-refractivity contribution in [3.8, 4) is 0 Å². The summed E-state index contributed by atoms with van der Waals surface area (Å²) < 4.78 is 5.01. The summed E-state index contributed by atoms with van der Waals surface area (Å²) in [4.78, 5) is 4.19. The van der Waals surface area contributed by atoms with Crippen molar-refractivity contribution < 1.29 is 4.52 Å². The van der Waals surface area contributed by atoms with Gasteiger partial charge in [0, 0.05) is 18.5 Å². The lowest BCUT2D eigenvalue weighted by molar-refractivity contribution is 0.399. The molecule has 4 nitrogen and oxygen atoms in total. The predicted octanol–water partition coefficient (Wildman–Crippen LogP) is 1.98. The van der Waals surface area contributed by atoms with Crippen molar-refractivity contribution in [2.24, 2.45) is 5.73 Å². The average Bonchev–Trinajstić information content (AvgIpc) is 2.50. The minimum absolute atomic E-state index is 0. The third-order valence-corrected chi connectivity index (χ3v) is 1.66. The largest absolute Gasteiger partial charge is 0.335 e. The second kappa shape index (κ2) is 5.78. The lowest BCUT2D eigenvalue weighted by atomic mass is 10.2. The summed E-state index contributed by atoms with van der Waals surface area (Å²) in [5.74, 6) is 1.38. The molecule has 14 heavy (non-hydrogen) atoms. The molecule has 0 aliphatic carbocycles. The first-order valence-electron chi connectivity index (χ1n) is 4.32. The Morgan fingerprint density at radius 2 is 2.21 bits per heavy atom. The van der Waals surface area contributed by atoms with Crippen LogP contribution in [0.1, 0.15) is 38.4 Å². The molecule has 5 heteroatoms. The standard InChI is InChI=1S/C9H15N3O.ClH/c1-6(2)4-8-11-9(12-13-8)7(3)5-10;/h4,7H,5,10H2,1-3H3;1H. The number of hydrogen-bond donors (Lipinski definition) is 1. The number of allylic oxidation sites excluding steroid dienone is 1. The van der Waals surface area contributed by atoms with Gasteiger partial charge in [-0.25, -0.2) is 0 Å². The third-order valence-electron chi connectivity index (χ3n) is 1.66. The Hall–Kier alpha value is -0.870. The number of rotatable bonds is 3. The molecular weight excluding hydrogens is 202 g/mol. The van der Waals surface area contributed by atoms with Crippen molar-refractivity contribution in [3.63, 3.8) is 0 Å². The fourth-order valence-electron chi connectivity index (χ4n) is 0.858. The zero-order valence-corrected chi connectivity index (χ0v) is 9.47. The number of hydrogen-bond acceptors (Lipinski definition) is 4. The van der Waals surface area contributed by atoms with E-state index < -0.39 is 0 Å². The summed E-state index contributed by atoms with van der Waals surface area (Å²) in [5, 5.41) is 3.83. The highest BCUT2D eigenvalue weighted by Gasteiger charge is 2.10. The van der Waals surface area contributed by atoms with Crippen LogP contribution in [0.2, 0.25) is 0 Å². The maximum Gasteiger partial charge on any atom is 0.250 e. The first-order valence-corrected chi connectivity index (χ1v) is 4.32.